The Morgan fingerprint density at radius 3 is 2.71 bits per heavy atom. The molecular weight excluding hydrogens is 439 g/mol. The molecule has 1 aromatic heterocycles. The topological polar surface area (TPSA) is 94.0 Å². The number of sulfonamides is 1. The Morgan fingerprint density at radius 2 is 2.00 bits per heavy atom. The summed E-state index contributed by atoms with van der Waals surface area (Å²) in [5.41, 5.74) is 3.82. The molecule has 0 amide bonds. The van der Waals surface area contributed by atoms with Crippen LogP contribution in [-0.2, 0) is 16.6 Å². The molecule has 4 rings (SSSR count). The molecular formula is C21H25FN4O3S2. The number of nitrogens with zero attached hydrogens (tertiary/aromatic N) is 2. The maximum atomic E-state index is 13.8. The number of hydrogen-bond acceptors (Lipinski definition) is 7. The van der Waals surface area contributed by atoms with E-state index in [0.29, 0.717) is 29.2 Å². The van der Waals surface area contributed by atoms with Crippen molar-refractivity contribution in [3.05, 3.63) is 64.8 Å². The summed E-state index contributed by atoms with van der Waals surface area (Å²) in [6.07, 6.45) is 4.11. The minimum atomic E-state index is -3.60. The summed E-state index contributed by atoms with van der Waals surface area (Å²) in [7, 11) is -3.60. The number of halogens is 1. The van der Waals surface area contributed by atoms with Crippen LogP contribution in [0.4, 0.5) is 4.39 Å². The summed E-state index contributed by atoms with van der Waals surface area (Å²) in [5.74, 6) is 0.0664. The van der Waals surface area contributed by atoms with Gasteiger partial charge in [0.15, 0.2) is 6.23 Å². The maximum Gasteiger partial charge on any atom is 0.250 e. The number of nitrogens with one attached hydrogen (secondary N) is 2. The lowest BCUT2D eigenvalue weighted by Gasteiger charge is -2.32. The number of aliphatic hydroxyl groups excluding tert-OH is 1. The zero-order valence-electron chi connectivity index (χ0n) is 16.9. The van der Waals surface area contributed by atoms with Crippen LogP contribution in [0.25, 0.3) is 0 Å². The molecule has 1 atom stereocenters. The number of aliphatic hydroxyl groups is 1. The first-order valence-electron chi connectivity index (χ1n) is 10.2. The van der Waals surface area contributed by atoms with Crippen LogP contribution < -0.4 is 10.1 Å². The number of allylic oxidation sites excluding steroid dienone is 1. The van der Waals surface area contributed by atoms with Crippen molar-refractivity contribution in [1.82, 2.24) is 15.0 Å². The summed E-state index contributed by atoms with van der Waals surface area (Å²) < 4.78 is 42.2. The van der Waals surface area contributed by atoms with E-state index in [1.54, 1.807) is 36.4 Å². The van der Waals surface area contributed by atoms with Crippen molar-refractivity contribution in [3.63, 3.8) is 0 Å². The maximum absolute atomic E-state index is 13.8. The number of hydrogen-bond donors (Lipinski definition) is 3. The molecule has 1 aromatic carbocycles. The molecule has 0 spiro atoms. The summed E-state index contributed by atoms with van der Waals surface area (Å²) in [5, 5.41) is 13.4. The third kappa shape index (κ3) is 5.58. The van der Waals surface area contributed by atoms with E-state index in [9.17, 15) is 17.9 Å². The lowest BCUT2D eigenvalue weighted by atomic mass is 9.97. The highest BCUT2D eigenvalue weighted by molar-refractivity contribution is 7.91. The van der Waals surface area contributed by atoms with Crippen LogP contribution in [-0.4, -0.2) is 50.0 Å². The number of hydrazone groups is 1. The van der Waals surface area contributed by atoms with Gasteiger partial charge in [0.1, 0.15) is 15.7 Å². The highest BCUT2D eigenvalue weighted by Gasteiger charge is 2.24. The second-order valence-electron chi connectivity index (χ2n) is 7.71. The van der Waals surface area contributed by atoms with E-state index in [-0.39, 0.29) is 15.9 Å². The Bertz CT molecular complexity index is 1080. The van der Waals surface area contributed by atoms with E-state index in [1.807, 2.05) is 6.07 Å². The van der Waals surface area contributed by atoms with Gasteiger partial charge < -0.3 is 5.11 Å². The van der Waals surface area contributed by atoms with Gasteiger partial charge in [-0.15, -0.1) is 11.3 Å². The van der Waals surface area contributed by atoms with E-state index in [2.05, 4.69) is 20.1 Å². The van der Waals surface area contributed by atoms with Crippen molar-refractivity contribution in [2.24, 2.45) is 11.0 Å². The predicted molar refractivity (Wildman–Crippen MR) is 119 cm³/mol. The molecule has 3 N–H and O–H groups in total. The highest BCUT2D eigenvalue weighted by Crippen LogP contribution is 2.24. The minimum Gasteiger partial charge on any atom is -0.369 e. The third-order valence-electron chi connectivity index (χ3n) is 5.47. The number of likely N-dealkylation sites (tertiary alicyclic amines) is 1. The Hall–Kier alpha value is -2.11. The molecule has 0 radical (unpaired) electrons. The molecule has 3 heterocycles. The molecule has 2 aromatic rings. The smallest absolute Gasteiger partial charge is 0.250 e. The molecule has 31 heavy (non-hydrogen) atoms. The van der Waals surface area contributed by atoms with Crippen LogP contribution in [0.2, 0.25) is 0 Å². The van der Waals surface area contributed by atoms with Crippen LogP contribution >= 0.6 is 11.3 Å². The molecule has 10 heteroatoms. The zero-order chi connectivity index (χ0) is 21.8. The molecule has 0 aliphatic carbocycles. The van der Waals surface area contributed by atoms with Crippen molar-refractivity contribution in [3.8, 4) is 0 Å². The first kappa shape index (κ1) is 22.1. The third-order valence-corrected chi connectivity index (χ3v) is 8.50. The SMILES string of the molecule is O=S(=O)(NCC1CCN(Cc2ccccc2F)CC1)c1ccc(C2=NNC(O)C=C2)s1. The van der Waals surface area contributed by atoms with Crippen molar-refractivity contribution in [1.29, 1.82) is 0 Å². The second kappa shape index (κ2) is 9.58. The molecule has 1 fully saturated rings. The molecule has 166 valence electrons. The molecule has 0 bridgehead atoms. The zero-order valence-corrected chi connectivity index (χ0v) is 18.5. The van der Waals surface area contributed by atoms with Crippen molar-refractivity contribution >= 4 is 27.1 Å². The van der Waals surface area contributed by atoms with E-state index < -0.39 is 16.3 Å². The van der Waals surface area contributed by atoms with Gasteiger partial charge in [0, 0.05) is 18.7 Å². The Kier molecular flexibility index (Phi) is 6.83. The minimum absolute atomic E-state index is 0.186. The van der Waals surface area contributed by atoms with Crippen LogP contribution in [0.5, 0.6) is 0 Å². The lowest BCUT2D eigenvalue weighted by Crippen LogP contribution is -2.38. The van der Waals surface area contributed by atoms with Crippen molar-refractivity contribution in [2.75, 3.05) is 19.6 Å². The van der Waals surface area contributed by atoms with Crippen molar-refractivity contribution in [2.45, 2.75) is 29.8 Å². The van der Waals surface area contributed by atoms with Gasteiger partial charge in [-0.3, -0.25) is 10.3 Å². The van der Waals surface area contributed by atoms with Gasteiger partial charge in [0.25, 0.3) is 0 Å². The number of piperidine rings is 1. The van der Waals surface area contributed by atoms with Crippen molar-refractivity contribution < 1.29 is 17.9 Å². The van der Waals surface area contributed by atoms with E-state index in [0.717, 1.165) is 37.3 Å². The number of rotatable bonds is 7. The Balaban J connectivity index is 1.28. The monoisotopic (exact) mass is 464 g/mol. The normalized spacial score (nSPS) is 20.5. The summed E-state index contributed by atoms with van der Waals surface area (Å²) in [6, 6.07) is 10.1. The fraction of sp³-hybridized carbons (Fsp3) is 0.381. The molecule has 2 aliphatic rings. The average Bonchev–Trinajstić information content (AvgIpc) is 3.27. The summed E-state index contributed by atoms with van der Waals surface area (Å²) >= 11 is 1.14. The predicted octanol–water partition coefficient (Wildman–Crippen LogP) is 2.26. The van der Waals surface area contributed by atoms with Gasteiger partial charge in [-0.2, -0.15) is 5.10 Å². The van der Waals surface area contributed by atoms with Gasteiger partial charge in [-0.05, 0) is 62.2 Å². The van der Waals surface area contributed by atoms with Crippen LogP contribution in [0, 0.1) is 11.7 Å². The van der Waals surface area contributed by atoms with E-state index in [1.165, 1.54) is 6.07 Å². The van der Waals surface area contributed by atoms with Gasteiger partial charge in [-0.1, -0.05) is 18.2 Å². The molecule has 1 unspecified atom stereocenters. The second-order valence-corrected chi connectivity index (χ2v) is 10.8. The molecule has 7 nitrogen and oxygen atoms in total. The Morgan fingerprint density at radius 1 is 1.23 bits per heavy atom. The van der Waals surface area contributed by atoms with E-state index in [4.69, 9.17) is 0 Å². The number of benzene rings is 1. The van der Waals surface area contributed by atoms with Gasteiger partial charge in [-0.25, -0.2) is 17.5 Å². The fourth-order valence-electron chi connectivity index (χ4n) is 3.65. The van der Waals surface area contributed by atoms with E-state index >= 15 is 0 Å². The van der Waals surface area contributed by atoms with Gasteiger partial charge in [0.2, 0.25) is 10.0 Å². The van der Waals surface area contributed by atoms with Crippen LogP contribution in [0.1, 0.15) is 23.3 Å². The quantitative estimate of drug-likeness (QED) is 0.585. The fourth-order valence-corrected chi connectivity index (χ4v) is 6.09. The largest absolute Gasteiger partial charge is 0.369 e. The highest BCUT2D eigenvalue weighted by atomic mass is 32.2. The molecule has 1 saturated heterocycles. The molecule has 2 aliphatic heterocycles. The number of thiophene rings is 1. The first-order valence-corrected chi connectivity index (χ1v) is 12.5. The van der Waals surface area contributed by atoms with Crippen LogP contribution in [0.15, 0.2) is 57.9 Å². The Labute approximate surface area is 185 Å². The lowest BCUT2D eigenvalue weighted by molar-refractivity contribution is 0.177. The van der Waals surface area contributed by atoms with Crippen LogP contribution in [0.3, 0.4) is 0 Å². The summed E-state index contributed by atoms with van der Waals surface area (Å²) in [6.45, 7) is 2.59. The van der Waals surface area contributed by atoms with Gasteiger partial charge in [0.05, 0.1) is 4.88 Å². The average molecular weight is 465 g/mol. The molecule has 0 saturated carbocycles. The standard InChI is InChI=1S/C21H25FN4O3S2/c22-17-4-2-1-3-16(17)14-26-11-9-15(10-12-26)13-23-31(28,29)21-8-6-19(30-21)18-5-7-20(27)25-24-18/h1-8,15,20,23,25,27H,9-14H2. The first-order chi connectivity index (χ1) is 14.9. The van der Waals surface area contributed by atoms with Gasteiger partial charge >= 0.3 is 0 Å². The summed E-state index contributed by atoms with van der Waals surface area (Å²) in [4.78, 5) is 2.91.